The Balaban J connectivity index is 1.50. The number of benzene rings is 2. The molecule has 0 unspecified atom stereocenters. The van der Waals surface area contributed by atoms with E-state index in [-0.39, 0.29) is 17.1 Å². The van der Waals surface area contributed by atoms with Gasteiger partial charge < -0.3 is 29.5 Å². The summed E-state index contributed by atoms with van der Waals surface area (Å²) in [4.78, 5) is 13.3. The fourth-order valence-corrected chi connectivity index (χ4v) is 6.70. The minimum Gasteiger partial charge on any atom is -0.508 e. The monoisotopic (exact) mass is 422 g/mol. The maximum absolute atomic E-state index is 13.3. The van der Waals surface area contributed by atoms with Crippen LogP contribution in [-0.4, -0.2) is 38.9 Å². The molecule has 8 nitrogen and oxygen atoms in total. The lowest BCUT2D eigenvalue weighted by atomic mass is 9.67. The maximum atomic E-state index is 13.3. The third-order valence-electron chi connectivity index (χ3n) is 7.96. The molecule has 3 N–H and O–H groups in total. The largest absolute Gasteiger partial charge is 0.508 e. The summed E-state index contributed by atoms with van der Waals surface area (Å²) < 4.78 is 25.5. The molecule has 2 aromatic carbocycles. The van der Waals surface area contributed by atoms with E-state index < -0.39 is 41.4 Å². The first-order chi connectivity index (χ1) is 14.9. The summed E-state index contributed by atoms with van der Waals surface area (Å²) in [6, 6.07) is 8.21. The number of hydrogen-bond donors (Lipinski definition) is 3. The van der Waals surface area contributed by atoms with Crippen molar-refractivity contribution in [3.05, 3.63) is 52.6 Å². The number of rotatable bonds is 0. The van der Waals surface area contributed by atoms with Gasteiger partial charge in [-0.1, -0.05) is 12.1 Å². The fraction of sp³-hybridized carbons (Fsp3) is 0.435. The lowest BCUT2D eigenvalue weighted by molar-refractivity contribution is -0.391. The van der Waals surface area contributed by atoms with E-state index in [0.29, 0.717) is 47.5 Å². The van der Waals surface area contributed by atoms with Crippen LogP contribution in [0.15, 0.2) is 30.3 Å². The SMILES string of the molecule is O=C1c2cccc3c2[C@@]2(Oc4ccc(O)c5c4[C@@](O3)(O2)[C@@H]2O[C@@H]2[C@@H]5O)[C@@H]2CCC[C@@]12O. The number of aromatic hydroxyl groups is 1. The number of carbonyl (C=O) groups is 1. The summed E-state index contributed by atoms with van der Waals surface area (Å²) in [6.07, 6.45) is -0.712. The second-order valence-corrected chi connectivity index (χ2v) is 9.36. The van der Waals surface area contributed by atoms with Crippen LogP contribution in [0.3, 0.4) is 0 Å². The van der Waals surface area contributed by atoms with Gasteiger partial charge in [-0.15, -0.1) is 0 Å². The zero-order valence-electron chi connectivity index (χ0n) is 16.2. The standard InChI is InChI=1S/C23H18O8/c24-10-6-7-12-16-14(10)17(25)18-20(28-18)23(16)30-11-4-1-3-9-15(11)22(29-12,31-23)13-5-2-8-21(13,27)19(9)26/h1,3-4,6-7,13,17-18,20,24-25,27H,2,5,8H2/t13-,17-,18-,20-,21+,22-,23-/m1/s1. The van der Waals surface area contributed by atoms with Crippen LogP contribution < -0.4 is 9.47 Å². The Hall–Kier alpha value is -2.65. The Morgan fingerprint density at radius 2 is 1.84 bits per heavy atom. The summed E-state index contributed by atoms with van der Waals surface area (Å²) >= 11 is 0. The number of ether oxygens (including phenoxy) is 4. The van der Waals surface area contributed by atoms with Gasteiger partial charge in [0.2, 0.25) is 0 Å². The Bertz CT molecular complexity index is 1240. The van der Waals surface area contributed by atoms with Crippen LogP contribution in [0, 0.1) is 5.92 Å². The van der Waals surface area contributed by atoms with Gasteiger partial charge in [-0.3, -0.25) is 9.53 Å². The van der Waals surface area contributed by atoms with Crippen molar-refractivity contribution in [2.24, 2.45) is 5.92 Å². The summed E-state index contributed by atoms with van der Waals surface area (Å²) in [5.41, 5.74) is -0.108. The molecule has 0 amide bonds. The Labute approximate surface area is 175 Å². The van der Waals surface area contributed by atoms with E-state index in [9.17, 15) is 20.1 Å². The molecule has 2 bridgehead atoms. The predicted octanol–water partition coefficient (Wildman–Crippen LogP) is 1.74. The number of carbonyl (C=O) groups excluding carboxylic acids is 1. The van der Waals surface area contributed by atoms with Crippen LogP contribution in [-0.2, 0) is 21.0 Å². The summed E-state index contributed by atoms with van der Waals surface area (Å²) in [5, 5.41) is 32.8. The summed E-state index contributed by atoms with van der Waals surface area (Å²) in [6.45, 7) is 0. The minimum absolute atomic E-state index is 0.0953. The third-order valence-corrected chi connectivity index (χ3v) is 7.96. The van der Waals surface area contributed by atoms with E-state index in [2.05, 4.69) is 0 Å². The number of fused-ring (bicyclic) bond motifs is 2. The number of aliphatic hydroxyl groups is 2. The topological polar surface area (TPSA) is 118 Å². The molecule has 3 aliphatic carbocycles. The molecular formula is C23H18O8. The van der Waals surface area contributed by atoms with Crippen LogP contribution in [0.4, 0.5) is 0 Å². The minimum atomic E-state index is -1.60. The van der Waals surface area contributed by atoms with Gasteiger partial charge in [0.05, 0.1) is 17.0 Å². The average molecular weight is 422 g/mol. The van der Waals surface area contributed by atoms with Crippen LogP contribution >= 0.6 is 0 Å². The normalized spacial score (nSPS) is 44.3. The quantitative estimate of drug-likeness (QED) is 0.550. The second-order valence-electron chi connectivity index (χ2n) is 9.36. The Kier molecular flexibility index (Phi) is 2.59. The van der Waals surface area contributed by atoms with Crippen molar-refractivity contribution in [1.29, 1.82) is 0 Å². The number of aliphatic hydroxyl groups excluding tert-OH is 1. The van der Waals surface area contributed by atoms with Crippen molar-refractivity contribution < 1.29 is 39.1 Å². The molecule has 3 heterocycles. The smallest absolute Gasteiger partial charge is 0.274 e. The molecule has 1 saturated carbocycles. The van der Waals surface area contributed by atoms with Crippen LogP contribution in [0.2, 0.25) is 0 Å². The molecule has 2 spiro atoms. The predicted molar refractivity (Wildman–Crippen MR) is 100 cm³/mol. The summed E-state index contributed by atoms with van der Waals surface area (Å²) in [5.74, 6) is -3.14. The molecule has 31 heavy (non-hydrogen) atoms. The molecule has 8 heteroatoms. The van der Waals surface area contributed by atoms with Gasteiger partial charge in [-0.05, 0) is 37.5 Å². The van der Waals surface area contributed by atoms with E-state index in [0.717, 1.165) is 0 Å². The van der Waals surface area contributed by atoms with Gasteiger partial charge in [0.1, 0.15) is 35.1 Å². The number of hydrogen-bond acceptors (Lipinski definition) is 8. The lowest BCUT2D eigenvalue weighted by Gasteiger charge is -2.58. The van der Waals surface area contributed by atoms with Gasteiger partial charge in [-0.25, -0.2) is 0 Å². The van der Waals surface area contributed by atoms with Crippen molar-refractivity contribution in [3.63, 3.8) is 0 Å². The Morgan fingerprint density at radius 1 is 1.03 bits per heavy atom. The van der Waals surface area contributed by atoms with Crippen LogP contribution in [0.5, 0.6) is 17.2 Å². The van der Waals surface area contributed by atoms with Gasteiger partial charge >= 0.3 is 0 Å². The van der Waals surface area contributed by atoms with Crippen molar-refractivity contribution in [3.8, 4) is 17.2 Å². The molecule has 6 aliphatic rings. The lowest BCUT2D eigenvalue weighted by Crippen LogP contribution is -2.68. The fourth-order valence-electron chi connectivity index (χ4n) is 6.70. The van der Waals surface area contributed by atoms with Gasteiger partial charge in [0.15, 0.2) is 11.9 Å². The molecular weight excluding hydrogens is 404 g/mol. The van der Waals surface area contributed by atoms with Crippen molar-refractivity contribution >= 4 is 5.78 Å². The van der Waals surface area contributed by atoms with E-state index >= 15 is 0 Å². The molecule has 158 valence electrons. The van der Waals surface area contributed by atoms with Gasteiger partial charge in [-0.2, -0.15) is 0 Å². The number of phenolic OH excluding ortho intramolecular Hbond substituents is 1. The highest BCUT2D eigenvalue weighted by Gasteiger charge is 2.78. The van der Waals surface area contributed by atoms with E-state index in [4.69, 9.17) is 18.9 Å². The molecule has 8 rings (SSSR count). The van der Waals surface area contributed by atoms with E-state index in [1.54, 1.807) is 24.3 Å². The maximum Gasteiger partial charge on any atom is 0.274 e. The van der Waals surface area contributed by atoms with Crippen LogP contribution in [0.1, 0.15) is 52.4 Å². The molecule has 0 radical (unpaired) electrons. The molecule has 7 atom stereocenters. The highest BCUT2D eigenvalue weighted by atomic mass is 16.8. The number of ketones is 1. The van der Waals surface area contributed by atoms with Crippen LogP contribution in [0.25, 0.3) is 0 Å². The number of phenols is 1. The third kappa shape index (κ3) is 1.58. The van der Waals surface area contributed by atoms with Crippen molar-refractivity contribution in [1.82, 2.24) is 0 Å². The first kappa shape index (κ1) is 17.0. The second kappa shape index (κ2) is 4.73. The zero-order chi connectivity index (χ0) is 20.9. The highest BCUT2D eigenvalue weighted by molar-refractivity contribution is 6.06. The first-order valence-electron chi connectivity index (χ1n) is 10.6. The zero-order valence-corrected chi connectivity index (χ0v) is 16.2. The molecule has 3 aliphatic heterocycles. The van der Waals surface area contributed by atoms with Crippen molar-refractivity contribution in [2.45, 2.75) is 54.7 Å². The Morgan fingerprint density at radius 3 is 2.71 bits per heavy atom. The highest BCUT2D eigenvalue weighted by Crippen LogP contribution is 2.69. The number of Topliss-reactive ketones (excluding diaryl/α,β-unsaturated/α-hetero) is 1. The van der Waals surface area contributed by atoms with E-state index in [1.165, 1.54) is 6.07 Å². The molecule has 0 aromatic heterocycles. The van der Waals surface area contributed by atoms with Gasteiger partial charge in [0.25, 0.3) is 11.6 Å². The molecule has 1 saturated heterocycles. The van der Waals surface area contributed by atoms with Crippen molar-refractivity contribution in [2.75, 3.05) is 0 Å². The molecule has 2 fully saturated rings. The first-order valence-corrected chi connectivity index (χ1v) is 10.6. The number of epoxide rings is 1. The summed E-state index contributed by atoms with van der Waals surface area (Å²) in [7, 11) is 0. The average Bonchev–Trinajstić information content (AvgIpc) is 3.47. The molecule has 2 aromatic rings. The van der Waals surface area contributed by atoms with E-state index in [1.807, 2.05) is 0 Å². The van der Waals surface area contributed by atoms with Gasteiger partial charge in [0, 0.05) is 11.1 Å².